The van der Waals surface area contributed by atoms with Gasteiger partial charge in [0.15, 0.2) is 0 Å². The summed E-state index contributed by atoms with van der Waals surface area (Å²) in [6, 6.07) is 81.0. The highest BCUT2D eigenvalue weighted by Gasteiger charge is 2.20. The van der Waals surface area contributed by atoms with Gasteiger partial charge in [-0.1, -0.05) is 146 Å². The fourth-order valence-electron chi connectivity index (χ4n) is 8.74. The van der Waals surface area contributed by atoms with Crippen molar-refractivity contribution in [1.29, 1.82) is 0 Å². The van der Waals surface area contributed by atoms with E-state index in [4.69, 9.17) is 0 Å². The fourth-order valence-corrected chi connectivity index (χ4v) is 8.74. The van der Waals surface area contributed by atoms with E-state index in [1.54, 1.807) is 0 Å². The van der Waals surface area contributed by atoms with E-state index in [2.05, 4.69) is 238 Å². The predicted molar refractivity (Wildman–Crippen MR) is 241 cm³/mol. The molecule has 0 spiro atoms. The molecule has 0 aliphatic rings. The minimum atomic E-state index is 1.09. The Balaban J connectivity index is 1.06. The molecule has 9 aromatic carbocycles. The van der Waals surface area contributed by atoms with Crippen molar-refractivity contribution >= 4 is 60.7 Å². The molecular weight excluding hydrogens is 691 g/mol. The van der Waals surface area contributed by atoms with Gasteiger partial charge in [0.05, 0.1) is 22.1 Å². The number of hydrogen-bond acceptors (Lipinski definition) is 1. The van der Waals surface area contributed by atoms with Gasteiger partial charge in [0.25, 0.3) is 0 Å². The van der Waals surface area contributed by atoms with E-state index in [1.165, 1.54) is 60.3 Å². The molecule has 0 saturated carbocycles. The molecule has 0 atom stereocenters. The number of nitrogens with zero attached hydrogens (tertiary/aromatic N) is 3. The van der Waals surface area contributed by atoms with Crippen LogP contribution in [0.15, 0.2) is 224 Å². The minimum Gasteiger partial charge on any atom is -0.310 e. The lowest BCUT2D eigenvalue weighted by Crippen LogP contribution is -2.10. The van der Waals surface area contributed by atoms with Crippen molar-refractivity contribution in [2.45, 2.75) is 0 Å². The van der Waals surface area contributed by atoms with Crippen molar-refractivity contribution in [3.63, 3.8) is 0 Å². The number of aromatic nitrogens is 2. The van der Waals surface area contributed by atoms with Crippen LogP contribution < -0.4 is 4.90 Å². The Bertz CT molecular complexity index is 3200. The van der Waals surface area contributed by atoms with Gasteiger partial charge < -0.3 is 14.0 Å². The molecule has 0 aliphatic heterocycles. The summed E-state index contributed by atoms with van der Waals surface area (Å²) in [5.74, 6) is 0. The average molecular weight is 728 g/mol. The minimum absolute atomic E-state index is 1.09. The van der Waals surface area contributed by atoms with E-state index < -0.39 is 0 Å². The molecule has 3 heteroatoms. The molecule has 2 aromatic heterocycles. The summed E-state index contributed by atoms with van der Waals surface area (Å²) in [6.07, 6.45) is 0. The Morgan fingerprint density at radius 1 is 0.281 bits per heavy atom. The number of rotatable bonds is 7. The Morgan fingerprint density at radius 2 is 0.789 bits per heavy atom. The maximum Gasteiger partial charge on any atom is 0.0562 e. The van der Waals surface area contributed by atoms with Crippen molar-refractivity contribution in [2.24, 2.45) is 0 Å². The Morgan fingerprint density at radius 3 is 1.51 bits per heavy atom. The van der Waals surface area contributed by atoms with Gasteiger partial charge in [-0.05, 0) is 101 Å². The quantitative estimate of drug-likeness (QED) is 0.159. The van der Waals surface area contributed by atoms with Crippen LogP contribution in [0.25, 0.3) is 77.2 Å². The zero-order chi connectivity index (χ0) is 37.7. The van der Waals surface area contributed by atoms with Crippen LogP contribution >= 0.6 is 0 Å². The Labute approximate surface area is 331 Å². The van der Waals surface area contributed by atoms with Crippen LogP contribution in [0.1, 0.15) is 0 Å². The van der Waals surface area contributed by atoms with Gasteiger partial charge in [-0.2, -0.15) is 0 Å². The monoisotopic (exact) mass is 727 g/mol. The lowest BCUT2D eigenvalue weighted by Gasteiger charge is -2.26. The van der Waals surface area contributed by atoms with Crippen molar-refractivity contribution in [3.8, 4) is 33.6 Å². The summed E-state index contributed by atoms with van der Waals surface area (Å²) in [4.78, 5) is 2.37. The summed E-state index contributed by atoms with van der Waals surface area (Å²) < 4.78 is 4.80. The lowest BCUT2D eigenvalue weighted by atomic mass is 9.99. The molecule has 0 fully saturated rings. The van der Waals surface area contributed by atoms with E-state index in [0.717, 1.165) is 34.0 Å². The number of fused-ring (bicyclic) bond motifs is 6. The number of para-hydroxylation sites is 4. The van der Waals surface area contributed by atoms with E-state index in [-0.39, 0.29) is 0 Å². The second-order valence-electron chi connectivity index (χ2n) is 14.6. The third kappa shape index (κ3) is 5.51. The van der Waals surface area contributed by atoms with Gasteiger partial charge in [-0.15, -0.1) is 0 Å². The molecule has 11 aromatic rings. The molecule has 0 bridgehead atoms. The SMILES string of the molecule is c1ccc(-c2cccc3c2c2ccc(N(c4ccccc4)c4ccc(-c5ccc6c7ccccc7n(-c7ccccc7)c6c5)cc4)cc2n3-c2ccccc2)cc1. The molecule has 0 unspecified atom stereocenters. The van der Waals surface area contributed by atoms with Crippen molar-refractivity contribution in [1.82, 2.24) is 9.13 Å². The van der Waals surface area contributed by atoms with Gasteiger partial charge in [-0.3, -0.25) is 0 Å². The number of anilines is 3. The first kappa shape index (κ1) is 32.8. The maximum atomic E-state index is 2.41. The van der Waals surface area contributed by atoms with Crippen LogP contribution in [-0.2, 0) is 0 Å². The van der Waals surface area contributed by atoms with Crippen LogP contribution in [0.3, 0.4) is 0 Å². The fraction of sp³-hybridized carbons (Fsp3) is 0. The largest absolute Gasteiger partial charge is 0.310 e. The molecule has 0 aliphatic carbocycles. The summed E-state index contributed by atoms with van der Waals surface area (Å²) in [7, 11) is 0. The molecule has 268 valence electrons. The molecule has 2 heterocycles. The van der Waals surface area contributed by atoms with Crippen LogP contribution in [0.4, 0.5) is 17.1 Å². The third-order valence-corrected chi connectivity index (χ3v) is 11.3. The topological polar surface area (TPSA) is 13.1 Å². The average Bonchev–Trinajstić information content (AvgIpc) is 3.80. The molecule has 11 rings (SSSR count). The zero-order valence-electron chi connectivity index (χ0n) is 31.2. The second kappa shape index (κ2) is 13.6. The summed E-state index contributed by atoms with van der Waals surface area (Å²) in [6.45, 7) is 0. The Hall–Kier alpha value is -7.62. The molecule has 0 N–H and O–H groups in total. The summed E-state index contributed by atoms with van der Waals surface area (Å²) in [5.41, 5.74) is 15.2. The highest BCUT2D eigenvalue weighted by Crippen LogP contribution is 2.43. The highest BCUT2D eigenvalue weighted by atomic mass is 15.1. The van der Waals surface area contributed by atoms with Crippen LogP contribution in [0.5, 0.6) is 0 Å². The van der Waals surface area contributed by atoms with E-state index in [1.807, 2.05) is 0 Å². The van der Waals surface area contributed by atoms with Gasteiger partial charge in [-0.25, -0.2) is 0 Å². The molecule has 57 heavy (non-hydrogen) atoms. The molecule has 3 nitrogen and oxygen atoms in total. The standard InChI is InChI=1S/C54H37N3/c1-5-16-39(17-6-1)46-25-15-27-51-54(46)49-35-33-45(37-53(49)57(51)43-22-11-4-12-23-43)55(41-18-7-2-8-19-41)44-31-28-38(29-32-44)40-30-34-48-47-24-13-14-26-50(47)56(52(48)36-40)42-20-9-3-10-21-42/h1-37H. The van der Waals surface area contributed by atoms with E-state index in [9.17, 15) is 0 Å². The smallest absolute Gasteiger partial charge is 0.0562 e. The second-order valence-corrected chi connectivity index (χ2v) is 14.6. The molecule has 0 radical (unpaired) electrons. The van der Waals surface area contributed by atoms with Crippen LogP contribution in [0.2, 0.25) is 0 Å². The first-order valence-corrected chi connectivity index (χ1v) is 19.5. The van der Waals surface area contributed by atoms with Gasteiger partial charge in [0.1, 0.15) is 0 Å². The first-order chi connectivity index (χ1) is 28.3. The first-order valence-electron chi connectivity index (χ1n) is 19.5. The van der Waals surface area contributed by atoms with Gasteiger partial charge in [0.2, 0.25) is 0 Å². The number of benzene rings is 9. The number of hydrogen-bond donors (Lipinski definition) is 0. The van der Waals surface area contributed by atoms with Gasteiger partial charge in [0, 0.05) is 50.0 Å². The zero-order valence-corrected chi connectivity index (χ0v) is 31.2. The summed E-state index contributed by atoms with van der Waals surface area (Å²) >= 11 is 0. The van der Waals surface area contributed by atoms with Gasteiger partial charge >= 0.3 is 0 Å². The third-order valence-electron chi connectivity index (χ3n) is 11.3. The van der Waals surface area contributed by atoms with E-state index >= 15 is 0 Å². The van der Waals surface area contributed by atoms with Crippen molar-refractivity contribution < 1.29 is 0 Å². The summed E-state index contributed by atoms with van der Waals surface area (Å²) in [5, 5.41) is 5.00. The molecule has 0 saturated heterocycles. The maximum absolute atomic E-state index is 2.41. The normalized spacial score (nSPS) is 11.5. The Kier molecular flexibility index (Phi) is 7.82. The lowest BCUT2D eigenvalue weighted by molar-refractivity contribution is 1.18. The molecular formula is C54H37N3. The highest BCUT2D eigenvalue weighted by molar-refractivity contribution is 6.16. The van der Waals surface area contributed by atoms with Crippen molar-refractivity contribution in [3.05, 3.63) is 224 Å². The van der Waals surface area contributed by atoms with Crippen LogP contribution in [-0.4, -0.2) is 9.13 Å². The predicted octanol–water partition coefficient (Wildman–Crippen LogP) is 14.7. The van der Waals surface area contributed by atoms with E-state index in [0.29, 0.717) is 0 Å². The van der Waals surface area contributed by atoms with Crippen LogP contribution in [0, 0.1) is 0 Å². The molecule has 0 amide bonds. The van der Waals surface area contributed by atoms with Crippen molar-refractivity contribution in [2.75, 3.05) is 4.90 Å².